The van der Waals surface area contributed by atoms with Gasteiger partial charge in [0.15, 0.2) is 0 Å². The lowest BCUT2D eigenvalue weighted by atomic mass is 10.1. The lowest BCUT2D eigenvalue weighted by molar-refractivity contribution is -0.136. The van der Waals surface area contributed by atoms with E-state index in [9.17, 15) is 4.79 Å². The molecule has 0 spiro atoms. The number of carbonyl (C=O) groups excluding carboxylic acids is 1. The molecule has 1 aliphatic rings. The first-order chi connectivity index (χ1) is 8.61. The molecule has 1 fully saturated rings. The summed E-state index contributed by atoms with van der Waals surface area (Å²) in [6.45, 7) is 5.28. The minimum atomic E-state index is -0.302. The summed E-state index contributed by atoms with van der Waals surface area (Å²) < 4.78 is 0.746. The molecule has 1 aromatic rings. The van der Waals surface area contributed by atoms with E-state index in [4.69, 9.17) is 17.3 Å². The first kappa shape index (κ1) is 13.6. The summed E-state index contributed by atoms with van der Waals surface area (Å²) in [5.74, 6) is 0.148. The first-order valence-electron chi connectivity index (χ1n) is 5.96. The molecule has 0 atom stereocenters. The highest BCUT2D eigenvalue weighted by atomic mass is 35.5. The molecule has 0 radical (unpaired) electrons. The van der Waals surface area contributed by atoms with E-state index in [-0.39, 0.29) is 11.3 Å². The van der Waals surface area contributed by atoms with Gasteiger partial charge in [0.25, 0.3) is 0 Å². The maximum Gasteiger partial charge on any atom is 0.230 e. The van der Waals surface area contributed by atoms with Crippen LogP contribution < -0.4 is 5.73 Å². The van der Waals surface area contributed by atoms with Gasteiger partial charge in [-0.3, -0.25) is 4.79 Å². The zero-order valence-corrected chi connectivity index (χ0v) is 11.8. The highest BCUT2D eigenvalue weighted by molar-refractivity contribution is 7.16. The Labute approximate surface area is 116 Å². The van der Waals surface area contributed by atoms with E-state index in [2.05, 4.69) is 6.58 Å². The van der Waals surface area contributed by atoms with Crippen molar-refractivity contribution in [1.29, 1.82) is 0 Å². The van der Waals surface area contributed by atoms with Crippen LogP contribution in [0.15, 0.2) is 24.8 Å². The molecule has 1 aliphatic carbocycles. The molecule has 0 bridgehead atoms. The third kappa shape index (κ3) is 2.76. The number of carbonyl (C=O) groups is 1. The van der Waals surface area contributed by atoms with Crippen LogP contribution in [0.3, 0.4) is 0 Å². The van der Waals surface area contributed by atoms with Crippen molar-refractivity contribution in [3.05, 3.63) is 34.0 Å². The van der Waals surface area contributed by atoms with Crippen LogP contribution in [0.1, 0.15) is 17.7 Å². The Balaban J connectivity index is 2.08. The highest BCUT2D eigenvalue weighted by Gasteiger charge is 2.50. The average Bonchev–Trinajstić information content (AvgIpc) is 3.06. The molecular formula is C13H17ClN2OS. The summed E-state index contributed by atoms with van der Waals surface area (Å²) >= 11 is 7.41. The van der Waals surface area contributed by atoms with Gasteiger partial charge in [-0.2, -0.15) is 0 Å². The quantitative estimate of drug-likeness (QED) is 0.817. The second kappa shape index (κ2) is 5.43. The number of amides is 1. The van der Waals surface area contributed by atoms with Crippen LogP contribution in [0, 0.1) is 5.41 Å². The van der Waals surface area contributed by atoms with Crippen molar-refractivity contribution in [2.45, 2.75) is 19.4 Å². The van der Waals surface area contributed by atoms with Gasteiger partial charge in [0.1, 0.15) is 0 Å². The zero-order valence-electron chi connectivity index (χ0n) is 10.2. The van der Waals surface area contributed by atoms with Gasteiger partial charge in [-0.15, -0.1) is 17.9 Å². The normalized spacial score (nSPS) is 16.3. The van der Waals surface area contributed by atoms with Gasteiger partial charge < -0.3 is 10.6 Å². The number of rotatable bonds is 6. The molecule has 1 aromatic heterocycles. The smallest absolute Gasteiger partial charge is 0.230 e. The van der Waals surface area contributed by atoms with Crippen molar-refractivity contribution < 1.29 is 4.79 Å². The number of hydrogen-bond donors (Lipinski definition) is 1. The molecule has 0 saturated heterocycles. The largest absolute Gasteiger partial charge is 0.333 e. The molecule has 1 saturated carbocycles. The minimum absolute atomic E-state index is 0.148. The fraction of sp³-hybridized carbons (Fsp3) is 0.462. The van der Waals surface area contributed by atoms with Gasteiger partial charge in [0, 0.05) is 18.0 Å². The van der Waals surface area contributed by atoms with Crippen molar-refractivity contribution in [2.75, 3.05) is 13.1 Å². The van der Waals surface area contributed by atoms with Crippen LogP contribution in [0.2, 0.25) is 4.34 Å². The standard InChI is InChI=1S/C13H17ClN2OS/c1-2-7-16(8-10-3-4-11(14)18-10)12(17)13(9-15)5-6-13/h2-4H,1,5-9,15H2. The fourth-order valence-corrected chi connectivity index (χ4v) is 3.09. The van der Waals surface area contributed by atoms with Crippen LogP contribution in [0.4, 0.5) is 0 Å². The molecule has 0 aliphatic heterocycles. The van der Waals surface area contributed by atoms with E-state index >= 15 is 0 Å². The number of nitrogens with two attached hydrogens (primary N) is 1. The second-order valence-electron chi connectivity index (χ2n) is 4.66. The third-order valence-corrected chi connectivity index (χ3v) is 4.53. The summed E-state index contributed by atoms with van der Waals surface area (Å²) in [5, 5.41) is 0. The van der Waals surface area contributed by atoms with Crippen molar-refractivity contribution in [1.82, 2.24) is 4.90 Å². The Kier molecular flexibility index (Phi) is 4.10. The molecule has 2 N–H and O–H groups in total. The SMILES string of the molecule is C=CCN(Cc1ccc(Cl)s1)C(=O)C1(CN)CC1. The van der Waals surface area contributed by atoms with E-state index in [0.29, 0.717) is 19.6 Å². The lowest BCUT2D eigenvalue weighted by Gasteiger charge is -2.25. The second-order valence-corrected chi connectivity index (χ2v) is 6.46. The number of thiophene rings is 1. The summed E-state index contributed by atoms with van der Waals surface area (Å²) in [5.41, 5.74) is 5.41. The van der Waals surface area contributed by atoms with Gasteiger partial charge in [-0.05, 0) is 25.0 Å². The minimum Gasteiger partial charge on any atom is -0.333 e. The van der Waals surface area contributed by atoms with Crippen LogP contribution >= 0.6 is 22.9 Å². The van der Waals surface area contributed by atoms with Crippen LogP contribution in [0.5, 0.6) is 0 Å². The van der Waals surface area contributed by atoms with Gasteiger partial charge in [-0.25, -0.2) is 0 Å². The molecule has 1 amide bonds. The van der Waals surface area contributed by atoms with E-state index in [0.717, 1.165) is 22.1 Å². The lowest BCUT2D eigenvalue weighted by Crippen LogP contribution is -2.40. The molecule has 0 unspecified atom stereocenters. The molecule has 98 valence electrons. The Hall–Kier alpha value is -0.840. The summed E-state index contributed by atoms with van der Waals surface area (Å²) in [4.78, 5) is 15.3. The molecule has 5 heteroatoms. The summed E-state index contributed by atoms with van der Waals surface area (Å²) in [6.07, 6.45) is 3.56. The number of hydrogen-bond acceptors (Lipinski definition) is 3. The third-order valence-electron chi connectivity index (χ3n) is 3.31. The summed E-state index contributed by atoms with van der Waals surface area (Å²) in [6, 6.07) is 3.81. The predicted octanol–water partition coefficient (Wildman–Crippen LogP) is 2.66. The Morgan fingerprint density at radius 1 is 1.61 bits per heavy atom. The number of nitrogens with zero attached hydrogens (tertiary/aromatic N) is 1. The Morgan fingerprint density at radius 3 is 2.78 bits per heavy atom. The molecular weight excluding hydrogens is 268 g/mol. The highest BCUT2D eigenvalue weighted by Crippen LogP contribution is 2.46. The number of halogens is 1. The molecule has 3 nitrogen and oxygen atoms in total. The molecule has 18 heavy (non-hydrogen) atoms. The predicted molar refractivity (Wildman–Crippen MR) is 75.7 cm³/mol. The maximum atomic E-state index is 12.4. The molecule has 2 rings (SSSR count). The van der Waals surface area contributed by atoms with Crippen molar-refractivity contribution in [2.24, 2.45) is 11.1 Å². The van der Waals surface area contributed by atoms with Crippen molar-refractivity contribution in [3.63, 3.8) is 0 Å². The van der Waals surface area contributed by atoms with E-state index in [1.807, 2.05) is 17.0 Å². The van der Waals surface area contributed by atoms with Gasteiger partial charge >= 0.3 is 0 Å². The van der Waals surface area contributed by atoms with E-state index < -0.39 is 0 Å². The van der Waals surface area contributed by atoms with E-state index in [1.165, 1.54) is 11.3 Å². The maximum absolute atomic E-state index is 12.4. The summed E-state index contributed by atoms with van der Waals surface area (Å²) in [7, 11) is 0. The topological polar surface area (TPSA) is 46.3 Å². The zero-order chi connectivity index (χ0) is 13.2. The van der Waals surface area contributed by atoms with Gasteiger partial charge in [-0.1, -0.05) is 17.7 Å². The Morgan fingerprint density at radius 2 is 2.33 bits per heavy atom. The monoisotopic (exact) mass is 284 g/mol. The first-order valence-corrected chi connectivity index (χ1v) is 7.15. The average molecular weight is 285 g/mol. The van der Waals surface area contributed by atoms with Crippen LogP contribution in [-0.2, 0) is 11.3 Å². The van der Waals surface area contributed by atoms with Crippen molar-refractivity contribution in [3.8, 4) is 0 Å². The van der Waals surface area contributed by atoms with Crippen LogP contribution in [-0.4, -0.2) is 23.9 Å². The molecule has 1 heterocycles. The molecule has 0 aromatic carbocycles. The van der Waals surface area contributed by atoms with Gasteiger partial charge in [0.2, 0.25) is 5.91 Å². The van der Waals surface area contributed by atoms with Crippen molar-refractivity contribution >= 4 is 28.8 Å². The van der Waals surface area contributed by atoms with Crippen LogP contribution in [0.25, 0.3) is 0 Å². The van der Waals surface area contributed by atoms with E-state index in [1.54, 1.807) is 6.08 Å². The fourth-order valence-electron chi connectivity index (χ4n) is 1.99. The van der Waals surface area contributed by atoms with Gasteiger partial charge in [0.05, 0.1) is 16.3 Å². The Bertz CT molecular complexity index is 454.